The van der Waals surface area contributed by atoms with Crippen molar-refractivity contribution in [3.05, 3.63) is 95.8 Å². The first-order chi connectivity index (χ1) is 16.6. The highest BCUT2D eigenvalue weighted by atomic mass is 32.2. The number of aromatic nitrogens is 3. The lowest BCUT2D eigenvalue weighted by atomic mass is 10.1. The van der Waals surface area contributed by atoms with Gasteiger partial charge in [0.2, 0.25) is 0 Å². The number of para-hydroxylation sites is 1. The average Bonchev–Trinajstić information content (AvgIpc) is 3.23. The Morgan fingerprint density at radius 3 is 2.50 bits per heavy atom. The molecule has 0 aliphatic rings. The molecule has 0 aliphatic carbocycles. The fourth-order valence-corrected chi connectivity index (χ4v) is 4.61. The number of benzene rings is 3. The number of halogens is 2. The Labute approximate surface area is 201 Å². The van der Waals surface area contributed by atoms with Crippen molar-refractivity contribution in [1.82, 2.24) is 14.8 Å². The van der Waals surface area contributed by atoms with Crippen LogP contribution in [0, 0.1) is 11.6 Å². The molecule has 0 radical (unpaired) electrons. The maximum atomic E-state index is 14.3. The predicted octanol–water partition coefficient (Wildman–Crippen LogP) is 6.30. The summed E-state index contributed by atoms with van der Waals surface area (Å²) in [5.41, 5.74) is 2.45. The first-order valence-corrected chi connectivity index (χ1v) is 11.7. The van der Waals surface area contributed by atoms with Gasteiger partial charge in [0.05, 0.1) is 6.61 Å². The molecule has 3 aromatic carbocycles. The molecule has 0 fully saturated rings. The van der Waals surface area contributed by atoms with Crippen LogP contribution in [0.5, 0.6) is 5.75 Å². The van der Waals surface area contributed by atoms with Crippen molar-refractivity contribution in [2.75, 3.05) is 13.7 Å². The number of thioether (sulfide) groups is 1. The van der Waals surface area contributed by atoms with Crippen LogP contribution in [0.1, 0.15) is 23.6 Å². The minimum absolute atomic E-state index is 0.209. The van der Waals surface area contributed by atoms with Crippen LogP contribution < -0.4 is 4.74 Å². The average molecular weight is 482 g/mol. The van der Waals surface area contributed by atoms with Crippen molar-refractivity contribution in [1.29, 1.82) is 0 Å². The third kappa shape index (κ3) is 5.63. The first-order valence-electron chi connectivity index (χ1n) is 10.9. The van der Waals surface area contributed by atoms with E-state index in [9.17, 15) is 8.78 Å². The molecule has 5 nitrogen and oxygen atoms in total. The molecule has 176 valence electrons. The second kappa shape index (κ2) is 11.3. The highest BCUT2D eigenvalue weighted by Gasteiger charge is 2.20. The van der Waals surface area contributed by atoms with Gasteiger partial charge >= 0.3 is 0 Å². The van der Waals surface area contributed by atoms with Gasteiger partial charge in [0.15, 0.2) is 11.0 Å². The molecule has 1 atom stereocenters. The highest BCUT2D eigenvalue weighted by molar-refractivity contribution is 7.99. The Morgan fingerprint density at radius 2 is 1.74 bits per heavy atom. The van der Waals surface area contributed by atoms with Crippen LogP contribution in [-0.2, 0) is 17.9 Å². The Balaban J connectivity index is 1.54. The van der Waals surface area contributed by atoms with Gasteiger partial charge in [0, 0.05) is 36.1 Å². The maximum absolute atomic E-state index is 14.3. The zero-order chi connectivity index (χ0) is 23.9. The molecule has 1 unspecified atom stereocenters. The molecule has 1 aromatic heterocycles. The summed E-state index contributed by atoms with van der Waals surface area (Å²) in [6.07, 6.45) is 0. The van der Waals surface area contributed by atoms with Crippen molar-refractivity contribution in [3.8, 4) is 16.9 Å². The predicted molar refractivity (Wildman–Crippen MR) is 129 cm³/mol. The third-order valence-electron chi connectivity index (χ3n) is 5.32. The lowest BCUT2D eigenvalue weighted by molar-refractivity contribution is 0.181. The number of hydrogen-bond donors (Lipinski definition) is 0. The van der Waals surface area contributed by atoms with Crippen molar-refractivity contribution in [2.24, 2.45) is 0 Å². The molecule has 0 N–H and O–H groups in total. The summed E-state index contributed by atoms with van der Waals surface area (Å²) in [6, 6.07) is 21.5. The second-order valence-corrected chi connectivity index (χ2v) is 8.93. The Morgan fingerprint density at radius 1 is 0.971 bits per heavy atom. The van der Waals surface area contributed by atoms with Crippen molar-refractivity contribution < 1.29 is 18.3 Å². The first kappa shape index (κ1) is 23.9. The number of ether oxygens (including phenoxy) is 2. The number of nitrogens with zero attached hydrogens (tertiary/aromatic N) is 3. The van der Waals surface area contributed by atoms with E-state index in [0.717, 1.165) is 22.9 Å². The molecule has 0 saturated carbocycles. The van der Waals surface area contributed by atoms with E-state index in [1.807, 2.05) is 66.1 Å². The largest absolute Gasteiger partial charge is 0.485 e. The van der Waals surface area contributed by atoms with Gasteiger partial charge in [0.25, 0.3) is 0 Å². The van der Waals surface area contributed by atoms with Gasteiger partial charge in [-0.25, -0.2) is 8.78 Å². The summed E-state index contributed by atoms with van der Waals surface area (Å²) in [5.74, 6) is 0.195. The van der Waals surface area contributed by atoms with E-state index in [-0.39, 0.29) is 11.9 Å². The quantitative estimate of drug-likeness (QED) is 0.249. The molecule has 0 spiro atoms. The van der Waals surface area contributed by atoms with Crippen LogP contribution in [0.2, 0.25) is 0 Å². The topological polar surface area (TPSA) is 49.2 Å². The van der Waals surface area contributed by atoms with Gasteiger partial charge in [-0.2, -0.15) is 0 Å². The van der Waals surface area contributed by atoms with Gasteiger partial charge in [-0.1, -0.05) is 66.4 Å². The Hall–Kier alpha value is -3.23. The molecular weight excluding hydrogens is 456 g/mol. The highest BCUT2D eigenvalue weighted by Crippen LogP contribution is 2.36. The van der Waals surface area contributed by atoms with E-state index in [1.54, 1.807) is 7.11 Å². The number of rotatable bonds is 10. The smallest absolute Gasteiger partial charge is 0.191 e. The molecule has 1 heterocycles. The normalized spacial score (nSPS) is 12.0. The fraction of sp³-hybridized carbons (Fsp3) is 0.231. The summed E-state index contributed by atoms with van der Waals surface area (Å²) >= 11 is 1.35. The van der Waals surface area contributed by atoms with Crippen LogP contribution in [0.3, 0.4) is 0 Å². The van der Waals surface area contributed by atoms with Crippen LogP contribution in [-0.4, -0.2) is 28.5 Å². The minimum atomic E-state index is -0.600. The molecule has 0 amide bonds. The van der Waals surface area contributed by atoms with E-state index < -0.39 is 11.6 Å². The minimum Gasteiger partial charge on any atom is -0.485 e. The second-order valence-electron chi connectivity index (χ2n) is 7.62. The third-order valence-corrected chi connectivity index (χ3v) is 6.44. The lowest BCUT2D eigenvalue weighted by Gasteiger charge is -2.15. The maximum Gasteiger partial charge on any atom is 0.191 e. The van der Waals surface area contributed by atoms with Gasteiger partial charge in [-0.05, 0) is 24.6 Å². The van der Waals surface area contributed by atoms with Crippen LogP contribution >= 0.6 is 11.8 Å². The Kier molecular flexibility index (Phi) is 7.92. The molecule has 0 aliphatic heterocycles. The zero-order valence-corrected chi connectivity index (χ0v) is 19.8. The zero-order valence-electron chi connectivity index (χ0n) is 18.9. The molecule has 4 rings (SSSR count). The van der Waals surface area contributed by atoms with Gasteiger partial charge in [0.1, 0.15) is 24.0 Å². The molecular formula is C26H25F2N3O2S. The van der Waals surface area contributed by atoms with Crippen LogP contribution in [0.15, 0.2) is 78.0 Å². The summed E-state index contributed by atoms with van der Waals surface area (Å²) in [5, 5.41) is 8.97. The molecule has 0 bridgehead atoms. The van der Waals surface area contributed by atoms with Crippen LogP contribution in [0.4, 0.5) is 8.78 Å². The number of hydrogen-bond acceptors (Lipinski definition) is 5. The lowest BCUT2D eigenvalue weighted by Crippen LogP contribution is -2.12. The summed E-state index contributed by atoms with van der Waals surface area (Å²) < 4.78 is 40.9. The summed E-state index contributed by atoms with van der Waals surface area (Å²) in [4.78, 5) is 0. The van der Waals surface area contributed by atoms with E-state index in [1.165, 1.54) is 23.9 Å². The van der Waals surface area contributed by atoms with Crippen molar-refractivity contribution in [2.45, 2.75) is 30.5 Å². The van der Waals surface area contributed by atoms with E-state index in [4.69, 9.17) is 9.47 Å². The van der Waals surface area contributed by atoms with Gasteiger partial charge in [-0.15, -0.1) is 10.2 Å². The number of methoxy groups -OCH3 is 1. The standard InChI is InChI=1S/C26H25F2N3O2S/c1-18(21-13-12-20(27)16-23(21)28)34-26-30-29-25(31(26)14-15-32-2)17-33-24-11-7-6-10-22(24)19-8-4-3-5-9-19/h3-13,16,18H,14-15,17H2,1-2H3. The Bertz CT molecular complexity index is 1230. The monoisotopic (exact) mass is 481 g/mol. The van der Waals surface area contributed by atoms with Gasteiger partial charge < -0.3 is 14.0 Å². The van der Waals surface area contributed by atoms with Crippen molar-refractivity contribution in [3.63, 3.8) is 0 Å². The van der Waals surface area contributed by atoms with E-state index in [0.29, 0.717) is 29.7 Å². The van der Waals surface area contributed by atoms with E-state index in [2.05, 4.69) is 10.2 Å². The summed E-state index contributed by atoms with van der Waals surface area (Å²) in [7, 11) is 1.62. The molecule has 0 saturated heterocycles. The van der Waals surface area contributed by atoms with Crippen molar-refractivity contribution >= 4 is 11.8 Å². The summed E-state index contributed by atoms with van der Waals surface area (Å²) in [6.45, 7) is 3.03. The molecule has 8 heteroatoms. The molecule has 4 aromatic rings. The van der Waals surface area contributed by atoms with E-state index >= 15 is 0 Å². The SMILES string of the molecule is COCCn1c(COc2ccccc2-c2ccccc2)nnc1SC(C)c1ccc(F)cc1F. The molecule has 34 heavy (non-hydrogen) atoms. The van der Waals surface area contributed by atoms with Crippen LogP contribution in [0.25, 0.3) is 11.1 Å². The van der Waals surface area contributed by atoms with Gasteiger partial charge in [-0.3, -0.25) is 0 Å². The fourth-order valence-electron chi connectivity index (χ4n) is 3.56.